The fourth-order valence-electron chi connectivity index (χ4n) is 4.93. The van der Waals surface area contributed by atoms with Gasteiger partial charge in [-0.05, 0) is 83.5 Å². The molecule has 3 atom stereocenters. The van der Waals surface area contributed by atoms with Gasteiger partial charge in [-0.1, -0.05) is 136 Å². The van der Waals surface area contributed by atoms with Crippen molar-refractivity contribution in [3.8, 4) is 0 Å². The lowest BCUT2D eigenvalue weighted by Gasteiger charge is -2.28. The zero-order valence-corrected chi connectivity index (χ0v) is 37.9. The van der Waals surface area contributed by atoms with Crippen LogP contribution in [0.2, 0.25) is 0 Å². The zero-order chi connectivity index (χ0) is 43.7. The van der Waals surface area contributed by atoms with E-state index in [-0.39, 0.29) is 32.2 Å². The molecule has 0 aromatic heterocycles. The van der Waals surface area contributed by atoms with Crippen molar-refractivity contribution < 1.29 is 47.2 Å². The van der Waals surface area contributed by atoms with Gasteiger partial charge >= 0.3 is 11.9 Å². The summed E-state index contributed by atoms with van der Waals surface area (Å²) in [4.78, 5) is 37.5. The van der Waals surface area contributed by atoms with Gasteiger partial charge in [0, 0.05) is 12.8 Å². The number of rotatable bonds is 37. The Labute approximate surface area is 358 Å². The SMILES string of the molecule is CC/C=C\C/C=C\C/C=C\C/C=C\C/C=C\CCCC(=O)OC[C@H](COP(=O)([O-])OCC[N+](C)(C)C)OC(=O)CCC/C=C\C/C=C\C/C=C\C/C=C\[C@H](O)CCCC. The lowest BCUT2D eigenvalue weighted by atomic mass is 10.1. The summed E-state index contributed by atoms with van der Waals surface area (Å²) < 4.78 is 33.7. The van der Waals surface area contributed by atoms with Crippen LogP contribution in [-0.4, -0.2) is 81.2 Å². The van der Waals surface area contributed by atoms with Gasteiger partial charge in [0.05, 0.1) is 33.9 Å². The number of aliphatic hydroxyl groups excluding tert-OH is 1. The van der Waals surface area contributed by atoms with E-state index in [1.54, 1.807) is 0 Å². The summed E-state index contributed by atoms with van der Waals surface area (Å²) in [6.07, 6.45) is 49.0. The highest BCUT2D eigenvalue weighted by atomic mass is 31.2. The maximum atomic E-state index is 12.7. The highest BCUT2D eigenvalue weighted by molar-refractivity contribution is 7.45. The van der Waals surface area contributed by atoms with Crippen LogP contribution in [0.5, 0.6) is 0 Å². The van der Waals surface area contributed by atoms with Crippen LogP contribution < -0.4 is 4.89 Å². The van der Waals surface area contributed by atoms with Crippen molar-refractivity contribution in [2.45, 2.75) is 135 Å². The smallest absolute Gasteiger partial charge is 0.306 e. The Hall–Kier alpha value is -3.37. The molecule has 0 aliphatic carbocycles. The van der Waals surface area contributed by atoms with E-state index in [1.807, 2.05) is 51.5 Å². The molecule has 11 heteroatoms. The van der Waals surface area contributed by atoms with Crippen LogP contribution in [0.25, 0.3) is 0 Å². The predicted octanol–water partition coefficient (Wildman–Crippen LogP) is 10.7. The number of likely N-dealkylation sites (N-methyl/N-ethyl adjacent to an activating group) is 1. The Kier molecular flexibility index (Phi) is 36.6. The van der Waals surface area contributed by atoms with E-state index >= 15 is 0 Å². The van der Waals surface area contributed by atoms with E-state index in [0.717, 1.165) is 70.6 Å². The van der Waals surface area contributed by atoms with Gasteiger partial charge in [-0.25, -0.2) is 0 Å². The maximum absolute atomic E-state index is 12.7. The van der Waals surface area contributed by atoms with Gasteiger partial charge in [-0.15, -0.1) is 0 Å². The quantitative estimate of drug-likeness (QED) is 0.0213. The van der Waals surface area contributed by atoms with Crippen molar-refractivity contribution in [3.05, 3.63) is 109 Å². The number of allylic oxidation sites excluding steroid dienone is 17. The molecular formula is C48H78NO9P. The molecule has 0 aromatic carbocycles. The lowest BCUT2D eigenvalue weighted by Crippen LogP contribution is -2.37. The number of hydrogen-bond acceptors (Lipinski definition) is 9. The Morgan fingerprint density at radius 3 is 1.56 bits per heavy atom. The third-order valence-corrected chi connectivity index (χ3v) is 9.31. The first-order valence-electron chi connectivity index (χ1n) is 21.7. The van der Waals surface area contributed by atoms with E-state index in [0.29, 0.717) is 36.7 Å². The number of carbonyl (C=O) groups excluding carboxylic acids is 2. The monoisotopic (exact) mass is 844 g/mol. The maximum Gasteiger partial charge on any atom is 0.306 e. The summed E-state index contributed by atoms with van der Waals surface area (Å²) in [6, 6.07) is 0. The van der Waals surface area contributed by atoms with Crippen LogP contribution in [-0.2, 0) is 32.7 Å². The summed E-state index contributed by atoms with van der Waals surface area (Å²) in [5, 5.41) is 9.82. The van der Waals surface area contributed by atoms with E-state index in [2.05, 4.69) is 92.8 Å². The number of nitrogens with zero attached hydrogens (tertiary/aromatic N) is 1. The van der Waals surface area contributed by atoms with Crippen LogP contribution in [0.15, 0.2) is 109 Å². The standard InChI is InChI=1S/C48H78NO9P/c1-6-8-10-11-12-13-14-15-16-17-18-19-23-26-29-32-35-39-47(51)55-43-46(44-57-59(53,54)56-42-41-49(3,4)5)58-48(52)40-36-33-30-27-24-21-20-22-25-28-31-34-38-45(50)37-9-7-2/h8,10,12-13,15-16,18-21,25-30,34,38,45-46,50H,6-7,9,11,14,17,22-24,31-33,35-37,39-44H2,1-5H3/b10-8-,13-12-,16-15-,19-18-,21-20-,28-25-,29-26-,30-27-,38-34-/t45-,46-/m1/s1. The summed E-state index contributed by atoms with van der Waals surface area (Å²) in [5.74, 6) is -1.01. The van der Waals surface area contributed by atoms with Gasteiger partial charge in [0.2, 0.25) is 0 Å². The Balaban J connectivity index is 4.62. The van der Waals surface area contributed by atoms with Gasteiger partial charge in [0.1, 0.15) is 19.8 Å². The van der Waals surface area contributed by atoms with Crippen LogP contribution in [0, 0.1) is 0 Å². The second kappa shape index (κ2) is 38.8. The molecular weight excluding hydrogens is 765 g/mol. The topological polar surface area (TPSA) is 131 Å². The number of unbranched alkanes of at least 4 members (excludes halogenated alkanes) is 3. The number of carbonyl (C=O) groups is 2. The van der Waals surface area contributed by atoms with Crippen molar-refractivity contribution in [3.63, 3.8) is 0 Å². The molecule has 0 aliphatic rings. The minimum Gasteiger partial charge on any atom is -0.756 e. The molecule has 0 aromatic rings. The summed E-state index contributed by atoms with van der Waals surface area (Å²) >= 11 is 0. The minimum atomic E-state index is -4.67. The van der Waals surface area contributed by atoms with Crippen LogP contribution in [0.3, 0.4) is 0 Å². The zero-order valence-electron chi connectivity index (χ0n) is 37.0. The average Bonchev–Trinajstić information content (AvgIpc) is 3.18. The molecule has 0 heterocycles. The van der Waals surface area contributed by atoms with Crippen LogP contribution in [0.1, 0.15) is 123 Å². The number of aliphatic hydroxyl groups is 1. The van der Waals surface area contributed by atoms with E-state index in [1.165, 1.54) is 0 Å². The van der Waals surface area contributed by atoms with Gasteiger partial charge in [-0.2, -0.15) is 0 Å². The molecule has 0 fully saturated rings. The van der Waals surface area contributed by atoms with Crippen molar-refractivity contribution in [2.24, 2.45) is 0 Å². The van der Waals surface area contributed by atoms with E-state index < -0.39 is 32.5 Å². The van der Waals surface area contributed by atoms with Crippen LogP contribution in [0.4, 0.5) is 0 Å². The highest BCUT2D eigenvalue weighted by Crippen LogP contribution is 2.38. The van der Waals surface area contributed by atoms with Crippen LogP contribution >= 0.6 is 7.82 Å². The van der Waals surface area contributed by atoms with E-state index in [9.17, 15) is 24.2 Å². The molecule has 0 bridgehead atoms. The molecule has 1 N–H and O–H groups in total. The Morgan fingerprint density at radius 1 is 0.627 bits per heavy atom. The predicted molar refractivity (Wildman–Crippen MR) is 241 cm³/mol. The normalized spacial score (nSPS) is 15.2. The molecule has 0 saturated heterocycles. The Morgan fingerprint density at radius 2 is 1.08 bits per heavy atom. The second-order valence-corrected chi connectivity index (χ2v) is 16.5. The number of hydrogen-bond donors (Lipinski definition) is 1. The fraction of sp³-hybridized carbons (Fsp3) is 0.583. The number of esters is 2. The second-order valence-electron chi connectivity index (χ2n) is 15.1. The number of quaternary nitrogens is 1. The number of phosphoric ester groups is 1. The number of ether oxygens (including phenoxy) is 2. The average molecular weight is 844 g/mol. The summed E-state index contributed by atoms with van der Waals surface area (Å²) in [6.45, 7) is 3.77. The van der Waals surface area contributed by atoms with Gasteiger partial charge < -0.3 is 33.0 Å². The molecule has 0 spiro atoms. The largest absolute Gasteiger partial charge is 0.756 e. The third kappa shape index (κ3) is 42.6. The summed E-state index contributed by atoms with van der Waals surface area (Å²) in [7, 11) is 1.05. The van der Waals surface area contributed by atoms with E-state index in [4.69, 9.17) is 18.5 Å². The highest BCUT2D eigenvalue weighted by Gasteiger charge is 2.21. The number of phosphoric acid groups is 1. The van der Waals surface area contributed by atoms with Crippen molar-refractivity contribution in [1.82, 2.24) is 0 Å². The first kappa shape index (κ1) is 55.6. The molecule has 0 amide bonds. The van der Waals surface area contributed by atoms with Crippen molar-refractivity contribution in [1.29, 1.82) is 0 Å². The minimum absolute atomic E-state index is 0.0640. The molecule has 1 unspecified atom stereocenters. The van der Waals surface area contributed by atoms with Crippen molar-refractivity contribution >= 4 is 19.8 Å². The van der Waals surface area contributed by atoms with Gasteiger partial charge in [0.25, 0.3) is 7.82 Å². The van der Waals surface area contributed by atoms with Gasteiger partial charge in [-0.3, -0.25) is 14.2 Å². The molecule has 0 rings (SSSR count). The molecule has 59 heavy (non-hydrogen) atoms. The van der Waals surface area contributed by atoms with Crippen molar-refractivity contribution in [2.75, 3.05) is 47.5 Å². The molecule has 334 valence electrons. The Bertz CT molecular complexity index is 1380. The lowest BCUT2D eigenvalue weighted by molar-refractivity contribution is -0.870. The molecule has 0 radical (unpaired) electrons. The first-order chi connectivity index (χ1) is 28.4. The molecule has 0 aliphatic heterocycles. The molecule has 0 saturated carbocycles. The summed E-state index contributed by atoms with van der Waals surface area (Å²) in [5.41, 5.74) is 0. The molecule has 10 nitrogen and oxygen atoms in total. The fourth-order valence-corrected chi connectivity index (χ4v) is 5.66. The third-order valence-electron chi connectivity index (χ3n) is 8.35. The van der Waals surface area contributed by atoms with Gasteiger partial charge in [0.15, 0.2) is 6.10 Å². The first-order valence-corrected chi connectivity index (χ1v) is 23.1.